The van der Waals surface area contributed by atoms with E-state index in [0.29, 0.717) is 6.04 Å². The van der Waals surface area contributed by atoms with E-state index in [-0.39, 0.29) is 0 Å². The smallest absolute Gasteiger partial charge is 0.191 e. The maximum atomic E-state index is 6.05. The Morgan fingerprint density at radius 2 is 1.88 bits per heavy atom. The molecule has 2 unspecified atom stereocenters. The molecule has 2 fully saturated rings. The first kappa shape index (κ1) is 11.7. The summed E-state index contributed by atoms with van der Waals surface area (Å²) in [4.78, 5) is 6.76. The third-order valence-electron chi connectivity index (χ3n) is 4.01. The van der Waals surface area contributed by atoms with Gasteiger partial charge in [0.15, 0.2) is 5.96 Å². The third kappa shape index (κ3) is 2.69. The number of likely N-dealkylation sites (tertiary alicyclic amines) is 1. The van der Waals surface area contributed by atoms with E-state index in [0.717, 1.165) is 30.9 Å². The Bertz CT molecular complexity index is 260. The third-order valence-corrected chi connectivity index (χ3v) is 4.01. The lowest BCUT2D eigenvalue weighted by molar-refractivity contribution is 0.129. The molecular formula is C13H25N3. The van der Waals surface area contributed by atoms with Gasteiger partial charge >= 0.3 is 0 Å². The highest BCUT2D eigenvalue weighted by molar-refractivity contribution is 5.78. The van der Waals surface area contributed by atoms with Crippen LogP contribution in [0.3, 0.4) is 0 Å². The van der Waals surface area contributed by atoms with Gasteiger partial charge in [0.2, 0.25) is 0 Å². The Kier molecular flexibility index (Phi) is 3.72. The van der Waals surface area contributed by atoms with E-state index >= 15 is 0 Å². The number of aliphatic imine (C=N–C) groups is 1. The summed E-state index contributed by atoms with van der Waals surface area (Å²) in [5, 5.41) is 0. The molecule has 1 aliphatic heterocycles. The molecule has 2 aliphatic rings. The van der Waals surface area contributed by atoms with Crippen molar-refractivity contribution in [3.8, 4) is 0 Å². The van der Waals surface area contributed by atoms with Gasteiger partial charge in [-0.05, 0) is 38.5 Å². The number of hydrogen-bond donors (Lipinski definition) is 1. The zero-order chi connectivity index (χ0) is 11.5. The standard InChI is InChI=1S/C13H25N3/c1-10(2)15-13(14)16-8-7-11-5-3-4-6-12(11)9-16/h10-12H,3-9H2,1-2H3,(H2,14,15). The molecule has 0 aromatic heterocycles. The topological polar surface area (TPSA) is 41.6 Å². The van der Waals surface area contributed by atoms with Crippen molar-refractivity contribution < 1.29 is 0 Å². The Morgan fingerprint density at radius 3 is 2.56 bits per heavy atom. The van der Waals surface area contributed by atoms with E-state index in [1.54, 1.807) is 0 Å². The molecule has 1 saturated heterocycles. The SMILES string of the molecule is CC(C)N=C(N)N1CCC2CCCCC2C1. The lowest BCUT2D eigenvalue weighted by Crippen LogP contribution is -2.48. The van der Waals surface area contributed by atoms with E-state index in [1.807, 2.05) is 0 Å². The number of nitrogens with zero attached hydrogens (tertiary/aromatic N) is 2. The number of nitrogens with two attached hydrogens (primary N) is 1. The van der Waals surface area contributed by atoms with E-state index in [9.17, 15) is 0 Å². The van der Waals surface area contributed by atoms with Crippen LogP contribution in [-0.4, -0.2) is 30.0 Å². The number of hydrogen-bond acceptors (Lipinski definition) is 1. The van der Waals surface area contributed by atoms with Crippen molar-refractivity contribution in [1.82, 2.24) is 4.90 Å². The molecule has 0 aromatic carbocycles. The van der Waals surface area contributed by atoms with E-state index in [2.05, 4.69) is 23.7 Å². The van der Waals surface area contributed by atoms with Crippen LogP contribution < -0.4 is 5.73 Å². The number of fused-ring (bicyclic) bond motifs is 1. The molecular weight excluding hydrogens is 198 g/mol. The van der Waals surface area contributed by atoms with Gasteiger partial charge in [0.25, 0.3) is 0 Å². The molecule has 0 spiro atoms. The summed E-state index contributed by atoms with van der Waals surface area (Å²) < 4.78 is 0. The summed E-state index contributed by atoms with van der Waals surface area (Å²) in [6.07, 6.45) is 7.02. The monoisotopic (exact) mass is 223 g/mol. The molecule has 1 heterocycles. The van der Waals surface area contributed by atoms with Gasteiger partial charge in [0.1, 0.15) is 0 Å². The van der Waals surface area contributed by atoms with Gasteiger partial charge in [-0.2, -0.15) is 0 Å². The minimum atomic E-state index is 0.309. The second-order valence-electron chi connectivity index (χ2n) is 5.62. The summed E-state index contributed by atoms with van der Waals surface area (Å²) in [7, 11) is 0. The van der Waals surface area contributed by atoms with Crippen LogP contribution in [0.4, 0.5) is 0 Å². The summed E-state index contributed by atoms with van der Waals surface area (Å²) >= 11 is 0. The maximum Gasteiger partial charge on any atom is 0.191 e. The van der Waals surface area contributed by atoms with Gasteiger partial charge in [-0.15, -0.1) is 0 Å². The molecule has 2 N–H and O–H groups in total. The summed E-state index contributed by atoms with van der Waals surface area (Å²) in [6, 6.07) is 0.309. The first-order valence-electron chi connectivity index (χ1n) is 6.75. The van der Waals surface area contributed by atoms with Crippen LogP contribution >= 0.6 is 0 Å². The Hall–Kier alpha value is -0.730. The van der Waals surface area contributed by atoms with Crippen LogP contribution in [0.15, 0.2) is 4.99 Å². The zero-order valence-corrected chi connectivity index (χ0v) is 10.7. The predicted octanol–water partition coefficient (Wildman–Crippen LogP) is 2.22. The Balaban J connectivity index is 1.94. The van der Waals surface area contributed by atoms with Gasteiger partial charge in [-0.3, -0.25) is 4.99 Å². The van der Waals surface area contributed by atoms with E-state index in [1.165, 1.54) is 32.1 Å². The molecule has 3 heteroatoms. The Labute approximate surface area is 99.1 Å². The molecule has 1 aliphatic carbocycles. The van der Waals surface area contributed by atoms with Gasteiger partial charge in [-0.25, -0.2) is 0 Å². The van der Waals surface area contributed by atoms with Gasteiger partial charge in [0.05, 0.1) is 0 Å². The normalized spacial score (nSPS) is 31.7. The highest BCUT2D eigenvalue weighted by atomic mass is 15.3. The van der Waals surface area contributed by atoms with Crippen LogP contribution in [0.1, 0.15) is 46.0 Å². The number of rotatable bonds is 1. The van der Waals surface area contributed by atoms with Gasteiger partial charge in [-0.1, -0.05) is 19.3 Å². The fourth-order valence-corrected chi connectivity index (χ4v) is 3.16. The summed E-state index contributed by atoms with van der Waals surface area (Å²) in [5.41, 5.74) is 6.05. The predicted molar refractivity (Wildman–Crippen MR) is 68.4 cm³/mol. The molecule has 3 nitrogen and oxygen atoms in total. The first-order chi connectivity index (χ1) is 7.66. The molecule has 1 saturated carbocycles. The maximum absolute atomic E-state index is 6.05. The number of guanidine groups is 1. The van der Waals surface area contributed by atoms with Crippen molar-refractivity contribution >= 4 is 5.96 Å². The number of piperidine rings is 1. The lowest BCUT2D eigenvalue weighted by Gasteiger charge is -2.41. The largest absolute Gasteiger partial charge is 0.370 e. The van der Waals surface area contributed by atoms with Crippen molar-refractivity contribution in [1.29, 1.82) is 0 Å². The van der Waals surface area contributed by atoms with E-state index < -0.39 is 0 Å². The zero-order valence-electron chi connectivity index (χ0n) is 10.7. The highest BCUT2D eigenvalue weighted by Crippen LogP contribution is 2.35. The fraction of sp³-hybridized carbons (Fsp3) is 0.923. The van der Waals surface area contributed by atoms with Crippen molar-refractivity contribution in [2.75, 3.05) is 13.1 Å². The van der Waals surface area contributed by atoms with Crippen LogP contribution in [0.5, 0.6) is 0 Å². The quantitative estimate of drug-likeness (QED) is 0.547. The highest BCUT2D eigenvalue weighted by Gasteiger charge is 2.31. The molecule has 0 radical (unpaired) electrons. The van der Waals surface area contributed by atoms with Crippen LogP contribution in [-0.2, 0) is 0 Å². The minimum absolute atomic E-state index is 0.309. The molecule has 0 aromatic rings. The average Bonchev–Trinajstić information content (AvgIpc) is 2.27. The molecule has 16 heavy (non-hydrogen) atoms. The fourth-order valence-electron chi connectivity index (χ4n) is 3.16. The second kappa shape index (κ2) is 5.07. The second-order valence-corrected chi connectivity index (χ2v) is 5.62. The van der Waals surface area contributed by atoms with E-state index in [4.69, 9.17) is 5.73 Å². The summed E-state index contributed by atoms with van der Waals surface area (Å²) in [6.45, 7) is 6.43. The average molecular weight is 223 g/mol. The molecule has 2 atom stereocenters. The Morgan fingerprint density at radius 1 is 1.19 bits per heavy atom. The van der Waals surface area contributed by atoms with Gasteiger partial charge in [0, 0.05) is 19.1 Å². The van der Waals surface area contributed by atoms with Crippen LogP contribution in [0, 0.1) is 11.8 Å². The molecule has 92 valence electrons. The van der Waals surface area contributed by atoms with Crippen LogP contribution in [0.25, 0.3) is 0 Å². The molecule has 2 rings (SSSR count). The lowest BCUT2D eigenvalue weighted by atomic mass is 9.75. The summed E-state index contributed by atoms with van der Waals surface area (Å²) in [5.74, 6) is 2.61. The molecule has 0 amide bonds. The van der Waals surface area contributed by atoms with Crippen molar-refractivity contribution in [3.05, 3.63) is 0 Å². The van der Waals surface area contributed by atoms with Crippen LogP contribution in [0.2, 0.25) is 0 Å². The molecule has 0 bridgehead atoms. The van der Waals surface area contributed by atoms with Crippen molar-refractivity contribution in [3.63, 3.8) is 0 Å². The van der Waals surface area contributed by atoms with Crippen molar-refractivity contribution in [2.45, 2.75) is 52.0 Å². The van der Waals surface area contributed by atoms with Gasteiger partial charge < -0.3 is 10.6 Å². The van der Waals surface area contributed by atoms with Crippen molar-refractivity contribution in [2.24, 2.45) is 22.6 Å². The minimum Gasteiger partial charge on any atom is -0.370 e. The first-order valence-corrected chi connectivity index (χ1v) is 6.75.